The van der Waals surface area contributed by atoms with Crippen LogP contribution >= 0.6 is 0 Å². The molecule has 2 aliphatic carbocycles. The highest BCUT2D eigenvalue weighted by molar-refractivity contribution is 5.90. The van der Waals surface area contributed by atoms with Crippen LogP contribution in [0.4, 0.5) is 0 Å². The number of aromatic nitrogens is 1. The molecular weight excluding hydrogens is 298 g/mol. The van der Waals surface area contributed by atoms with Crippen molar-refractivity contribution < 1.29 is 9.32 Å². The molecule has 0 spiro atoms. The van der Waals surface area contributed by atoms with Gasteiger partial charge in [-0.25, -0.2) is 0 Å². The maximum absolute atomic E-state index is 12.5. The molecule has 0 aliphatic heterocycles. The number of Topliss-reactive ketones (excluding diaryl/α,β-unsaturated/α-hetero) is 1. The number of ketones is 1. The van der Waals surface area contributed by atoms with Gasteiger partial charge in [0.1, 0.15) is 11.5 Å². The fraction of sp³-hybridized carbons (Fsp3) is 0.429. The standard InChI is InChI=1S/C21H23NO2/c1-13-21(14(2)24-22-13)17-9-10-20(23)18(12-17)11-16-5-3-4-6-19(16)15-7-8-15/h3-6,12,15,18H,7-11H2,1-2H3. The van der Waals surface area contributed by atoms with E-state index in [-0.39, 0.29) is 5.92 Å². The summed E-state index contributed by atoms with van der Waals surface area (Å²) in [5, 5.41) is 4.06. The van der Waals surface area contributed by atoms with Crippen molar-refractivity contribution in [1.82, 2.24) is 5.16 Å². The summed E-state index contributed by atoms with van der Waals surface area (Å²) in [5.74, 6) is 1.90. The molecule has 1 aromatic carbocycles. The van der Waals surface area contributed by atoms with Crippen LogP contribution in [0.15, 0.2) is 34.9 Å². The highest BCUT2D eigenvalue weighted by atomic mass is 16.5. The van der Waals surface area contributed by atoms with Crippen molar-refractivity contribution >= 4 is 11.4 Å². The minimum atomic E-state index is -0.0256. The average Bonchev–Trinajstić information content (AvgIpc) is 3.36. The van der Waals surface area contributed by atoms with E-state index in [0.717, 1.165) is 29.9 Å². The highest BCUT2D eigenvalue weighted by Gasteiger charge is 2.29. The largest absolute Gasteiger partial charge is 0.361 e. The Morgan fingerprint density at radius 1 is 1.17 bits per heavy atom. The molecule has 0 amide bonds. The molecule has 2 aliphatic rings. The predicted octanol–water partition coefficient (Wildman–Crippen LogP) is 4.77. The third kappa shape index (κ3) is 2.83. The van der Waals surface area contributed by atoms with Gasteiger partial charge in [-0.05, 0) is 62.1 Å². The molecule has 3 heteroatoms. The molecule has 1 aromatic heterocycles. The molecule has 3 nitrogen and oxygen atoms in total. The zero-order valence-corrected chi connectivity index (χ0v) is 14.3. The Balaban J connectivity index is 1.64. The second-order valence-corrected chi connectivity index (χ2v) is 7.14. The molecule has 124 valence electrons. The van der Waals surface area contributed by atoms with E-state index < -0.39 is 0 Å². The van der Waals surface area contributed by atoms with Gasteiger partial charge in [-0.15, -0.1) is 0 Å². The Bertz CT molecular complexity index is 791. The number of nitrogens with zero attached hydrogens (tertiary/aromatic N) is 1. The van der Waals surface area contributed by atoms with Crippen molar-refractivity contribution in [3.63, 3.8) is 0 Å². The average molecular weight is 321 g/mol. The number of aryl methyl sites for hydroxylation is 2. The first kappa shape index (κ1) is 15.4. The van der Waals surface area contributed by atoms with E-state index in [2.05, 4.69) is 35.5 Å². The van der Waals surface area contributed by atoms with Gasteiger partial charge in [-0.3, -0.25) is 4.79 Å². The maximum atomic E-state index is 12.5. The SMILES string of the molecule is Cc1noc(C)c1C1=CC(Cc2ccccc2C2CC2)C(=O)CC1. The molecule has 2 aromatic rings. The van der Waals surface area contributed by atoms with Gasteiger partial charge in [0.15, 0.2) is 0 Å². The van der Waals surface area contributed by atoms with E-state index in [9.17, 15) is 4.79 Å². The number of allylic oxidation sites excluding steroid dienone is 2. The molecule has 0 N–H and O–H groups in total. The molecule has 0 radical (unpaired) electrons. The topological polar surface area (TPSA) is 43.1 Å². The Kier molecular flexibility index (Phi) is 3.87. The van der Waals surface area contributed by atoms with Crippen molar-refractivity contribution in [2.75, 3.05) is 0 Å². The summed E-state index contributed by atoms with van der Waals surface area (Å²) in [6, 6.07) is 8.64. The van der Waals surface area contributed by atoms with Gasteiger partial charge in [-0.2, -0.15) is 0 Å². The Morgan fingerprint density at radius 2 is 1.96 bits per heavy atom. The fourth-order valence-corrected chi connectivity index (χ4v) is 3.93. The van der Waals surface area contributed by atoms with Crippen LogP contribution in [0.2, 0.25) is 0 Å². The lowest BCUT2D eigenvalue weighted by Crippen LogP contribution is -2.20. The lowest BCUT2D eigenvalue weighted by molar-refractivity contribution is -0.121. The summed E-state index contributed by atoms with van der Waals surface area (Å²) in [4.78, 5) is 12.5. The van der Waals surface area contributed by atoms with Gasteiger partial charge in [0.25, 0.3) is 0 Å². The summed E-state index contributed by atoms with van der Waals surface area (Å²) >= 11 is 0. The van der Waals surface area contributed by atoms with Crippen LogP contribution in [0.25, 0.3) is 5.57 Å². The van der Waals surface area contributed by atoms with Crippen molar-refractivity contribution in [2.45, 2.75) is 51.9 Å². The van der Waals surface area contributed by atoms with Gasteiger partial charge in [0.05, 0.1) is 5.69 Å². The van der Waals surface area contributed by atoms with Gasteiger partial charge < -0.3 is 4.52 Å². The quantitative estimate of drug-likeness (QED) is 0.814. The maximum Gasteiger partial charge on any atom is 0.141 e. The molecule has 24 heavy (non-hydrogen) atoms. The van der Waals surface area contributed by atoms with Crippen molar-refractivity contribution in [3.8, 4) is 0 Å². The molecule has 0 bridgehead atoms. The molecule has 1 atom stereocenters. The molecular formula is C21H23NO2. The normalized spacial score (nSPS) is 21.0. The molecule has 1 fully saturated rings. The van der Waals surface area contributed by atoms with Crippen LogP contribution in [0.3, 0.4) is 0 Å². The summed E-state index contributed by atoms with van der Waals surface area (Å²) in [7, 11) is 0. The second-order valence-electron chi connectivity index (χ2n) is 7.14. The van der Waals surface area contributed by atoms with Gasteiger partial charge >= 0.3 is 0 Å². The van der Waals surface area contributed by atoms with Crippen LogP contribution < -0.4 is 0 Å². The number of hydrogen-bond donors (Lipinski definition) is 0. The van der Waals surface area contributed by atoms with E-state index in [0.29, 0.717) is 18.1 Å². The van der Waals surface area contributed by atoms with E-state index in [1.54, 1.807) is 0 Å². The number of hydrogen-bond acceptors (Lipinski definition) is 3. The number of carbonyl (C=O) groups excluding carboxylic acids is 1. The third-order valence-electron chi connectivity index (χ3n) is 5.32. The zero-order chi connectivity index (χ0) is 16.7. The van der Waals surface area contributed by atoms with Crippen molar-refractivity contribution in [2.24, 2.45) is 5.92 Å². The summed E-state index contributed by atoms with van der Waals surface area (Å²) in [6.45, 7) is 3.92. The predicted molar refractivity (Wildman–Crippen MR) is 93.8 cm³/mol. The van der Waals surface area contributed by atoms with Gasteiger partial charge in [0, 0.05) is 17.9 Å². The molecule has 0 saturated heterocycles. The van der Waals surface area contributed by atoms with Crippen LogP contribution in [-0.4, -0.2) is 10.9 Å². The Hall–Kier alpha value is -2.16. The van der Waals surface area contributed by atoms with E-state index >= 15 is 0 Å². The third-order valence-corrected chi connectivity index (χ3v) is 5.32. The Morgan fingerprint density at radius 3 is 2.67 bits per heavy atom. The van der Waals surface area contributed by atoms with Crippen LogP contribution in [0.1, 0.15) is 59.7 Å². The van der Waals surface area contributed by atoms with E-state index in [1.807, 2.05) is 13.8 Å². The van der Waals surface area contributed by atoms with Crippen LogP contribution in [0.5, 0.6) is 0 Å². The van der Waals surface area contributed by atoms with E-state index in [4.69, 9.17) is 4.52 Å². The molecule has 1 saturated carbocycles. The lowest BCUT2D eigenvalue weighted by Gasteiger charge is -2.21. The van der Waals surface area contributed by atoms with Gasteiger partial charge in [0.2, 0.25) is 0 Å². The van der Waals surface area contributed by atoms with Crippen LogP contribution in [0, 0.1) is 19.8 Å². The first-order valence-electron chi connectivity index (χ1n) is 8.88. The summed E-state index contributed by atoms with van der Waals surface area (Å²) in [6.07, 6.45) is 6.97. The highest BCUT2D eigenvalue weighted by Crippen LogP contribution is 2.42. The number of rotatable bonds is 4. The first-order chi connectivity index (χ1) is 11.6. The van der Waals surface area contributed by atoms with Crippen molar-refractivity contribution in [1.29, 1.82) is 0 Å². The molecule has 1 heterocycles. The van der Waals surface area contributed by atoms with Crippen molar-refractivity contribution in [3.05, 3.63) is 58.5 Å². The number of benzene rings is 1. The minimum Gasteiger partial charge on any atom is -0.361 e. The monoisotopic (exact) mass is 321 g/mol. The summed E-state index contributed by atoms with van der Waals surface area (Å²) in [5.41, 5.74) is 6.03. The Labute approximate surface area is 142 Å². The fourth-order valence-electron chi connectivity index (χ4n) is 3.93. The first-order valence-corrected chi connectivity index (χ1v) is 8.88. The number of carbonyl (C=O) groups is 1. The lowest BCUT2D eigenvalue weighted by atomic mass is 9.81. The minimum absolute atomic E-state index is 0.0256. The zero-order valence-electron chi connectivity index (χ0n) is 14.3. The molecule has 1 unspecified atom stereocenters. The van der Waals surface area contributed by atoms with Crippen LogP contribution in [-0.2, 0) is 11.2 Å². The van der Waals surface area contributed by atoms with Gasteiger partial charge in [-0.1, -0.05) is 35.5 Å². The molecule has 4 rings (SSSR count). The second kappa shape index (κ2) is 6.04. The summed E-state index contributed by atoms with van der Waals surface area (Å²) < 4.78 is 5.31. The smallest absolute Gasteiger partial charge is 0.141 e. The van der Waals surface area contributed by atoms with E-state index in [1.165, 1.54) is 29.5 Å².